The summed E-state index contributed by atoms with van der Waals surface area (Å²) < 4.78 is 12.1. The van der Waals surface area contributed by atoms with Crippen molar-refractivity contribution in [2.45, 2.75) is 20.8 Å². The summed E-state index contributed by atoms with van der Waals surface area (Å²) in [6.07, 6.45) is 1.38. The van der Waals surface area contributed by atoms with Gasteiger partial charge in [0, 0.05) is 5.69 Å². The van der Waals surface area contributed by atoms with Crippen LogP contribution < -0.4 is 25.5 Å². The number of para-hydroxylation sites is 2. The molecule has 38 heavy (non-hydrogen) atoms. The molecule has 0 spiro atoms. The monoisotopic (exact) mass is 648 g/mol. The van der Waals surface area contributed by atoms with Gasteiger partial charge in [-0.3, -0.25) is 14.4 Å². The molecule has 3 N–H and O–H groups in total. The molecule has 11 heteroatoms. The van der Waals surface area contributed by atoms with Crippen molar-refractivity contribution in [1.29, 1.82) is 0 Å². The average Bonchev–Trinajstić information content (AvgIpc) is 2.87. The summed E-state index contributed by atoms with van der Waals surface area (Å²) in [7, 11) is 0. The third-order valence-corrected chi connectivity index (χ3v) is 6.26. The number of carbonyl (C=O) groups excluding carboxylic acids is 3. The molecule has 0 aliphatic carbocycles. The third-order valence-electron chi connectivity index (χ3n) is 5.13. The summed E-state index contributed by atoms with van der Waals surface area (Å²) >= 11 is 8.13. The van der Waals surface area contributed by atoms with Crippen LogP contribution in [0.25, 0.3) is 0 Å². The number of rotatable bonds is 9. The standard InChI is InChI=1S/C27H26ClIN4O5/c1-4-37-22-13-18(14-30-33-27(36)26(35)32-24-16(2)8-7-9-17(24)3)12-20(29)25(22)38-15-23(34)31-21-11-6-5-10-19(21)28/h5-14H,4,15H2,1-3H3,(H,31,34)(H,32,35)(H,33,36)/b30-14-. The van der Waals surface area contributed by atoms with Crippen LogP contribution in [0.15, 0.2) is 59.7 Å². The van der Waals surface area contributed by atoms with Crippen LogP contribution in [0, 0.1) is 17.4 Å². The van der Waals surface area contributed by atoms with Crippen molar-refractivity contribution in [3.63, 3.8) is 0 Å². The largest absolute Gasteiger partial charge is 0.490 e. The number of amides is 3. The first kappa shape index (κ1) is 28.9. The molecule has 3 aromatic rings. The van der Waals surface area contributed by atoms with Gasteiger partial charge < -0.3 is 20.1 Å². The van der Waals surface area contributed by atoms with E-state index in [9.17, 15) is 14.4 Å². The molecule has 0 aliphatic rings. The first-order chi connectivity index (χ1) is 18.2. The van der Waals surface area contributed by atoms with Gasteiger partial charge >= 0.3 is 11.8 Å². The lowest BCUT2D eigenvalue weighted by Crippen LogP contribution is -2.32. The number of benzene rings is 3. The van der Waals surface area contributed by atoms with Gasteiger partial charge in [-0.25, -0.2) is 5.43 Å². The average molecular weight is 649 g/mol. The molecule has 3 rings (SSSR count). The second-order valence-electron chi connectivity index (χ2n) is 8.00. The Morgan fingerprint density at radius 2 is 1.68 bits per heavy atom. The Morgan fingerprint density at radius 3 is 2.37 bits per heavy atom. The van der Waals surface area contributed by atoms with Gasteiger partial charge in [0.25, 0.3) is 5.91 Å². The molecular formula is C27H26ClIN4O5. The SMILES string of the molecule is CCOc1cc(/C=N\NC(=O)C(=O)Nc2c(C)cccc2C)cc(I)c1OCC(=O)Nc1ccccc1Cl. The molecule has 0 radical (unpaired) electrons. The van der Waals surface area contributed by atoms with Crippen molar-refractivity contribution in [2.75, 3.05) is 23.8 Å². The first-order valence-corrected chi connectivity index (χ1v) is 13.0. The number of carbonyl (C=O) groups is 3. The molecular weight excluding hydrogens is 623 g/mol. The lowest BCUT2D eigenvalue weighted by Gasteiger charge is -2.15. The zero-order valence-corrected chi connectivity index (χ0v) is 23.8. The quantitative estimate of drug-likeness (QED) is 0.130. The van der Waals surface area contributed by atoms with Gasteiger partial charge in [-0.05, 0) is 84.3 Å². The van der Waals surface area contributed by atoms with E-state index in [0.717, 1.165) is 11.1 Å². The van der Waals surface area contributed by atoms with Crippen LogP contribution in [-0.4, -0.2) is 37.1 Å². The second-order valence-corrected chi connectivity index (χ2v) is 9.57. The van der Waals surface area contributed by atoms with E-state index in [1.807, 2.05) is 39.0 Å². The van der Waals surface area contributed by atoms with Gasteiger partial charge in [0.1, 0.15) is 0 Å². The number of halogens is 2. The van der Waals surface area contributed by atoms with E-state index in [4.69, 9.17) is 21.1 Å². The van der Waals surface area contributed by atoms with E-state index >= 15 is 0 Å². The minimum atomic E-state index is -0.909. The zero-order chi connectivity index (χ0) is 27.7. The van der Waals surface area contributed by atoms with Crippen molar-refractivity contribution < 1.29 is 23.9 Å². The van der Waals surface area contributed by atoms with E-state index in [-0.39, 0.29) is 12.5 Å². The van der Waals surface area contributed by atoms with Crippen molar-refractivity contribution in [3.05, 3.63) is 79.9 Å². The van der Waals surface area contributed by atoms with Gasteiger partial charge in [0.2, 0.25) is 0 Å². The summed E-state index contributed by atoms with van der Waals surface area (Å²) in [5.74, 6) is -1.35. The highest BCUT2D eigenvalue weighted by Crippen LogP contribution is 2.34. The van der Waals surface area contributed by atoms with Crippen LogP contribution in [-0.2, 0) is 14.4 Å². The molecule has 0 bridgehead atoms. The van der Waals surface area contributed by atoms with Crippen molar-refractivity contribution in [2.24, 2.45) is 5.10 Å². The van der Waals surface area contributed by atoms with E-state index in [1.54, 1.807) is 36.4 Å². The maximum absolute atomic E-state index is 12.4. The van der Waals surface area contributed by atoms with Crippen LogP contribution in [0.4, 0.5) is 11.4 Å². The normalized spacial score (nSPS) is 10.7. The summed E-state index contributed by atoms with van der Waals surface area (Å²) in [5, 5.41) is 9.62. The summed E-state index contributed by atoms with van der Waals surface area (Å²) in [6.45, 7) is 5.59. The lowest BCUT2D eigenvalue weighted by atomic mass is 10.1. The third kappa shape index (κ3) is 7.93. The number of ether oxygens (including phenoxy) is 2. The van der Waals surface area contributed by atoms with Gasteiger partial charge in [-0.1, -0.05) is 41.9 Å². The molecule has 0 heterocycles. The van der Waals surface area contributed by atoms with E-state index < -0.39 is 11.8 Å². The highest BCUT2D eigenvalue weighted by Gasteiger charge is 2.16. The van der Waals surface area contributed by atoms with Crippen LogP contribution in [0.5, 0.6) is 11.5 Å². The smallest absolute Gasteiger partial charge is 0.329 e. The number of hydrogen-bond donors (Lipinski definition) is 3. The minimum absolute atomic E-state index is 0.264. The fourth-order valence-electron chi connectivity index (χ4n) is 3.35. The van der Waals surface area contributed by atoms with Crippen molar-refractivity contribution in [3.8, 4) is 11.5 Å². The zero-order valence-electron chi connectivity index (χ0n) is 20.9. The maximum atomic E-state index is 12.4. The van der Waals surface area contributed by atoms with Gasteiger partial charge in [-0.15, -0.1) is 0 Å². The summed E-state index contributed by atoms with van der Waals surface area (Å²) in [4.78, 5) is 36.9. The predicted molar refractivity (Wildman–Crippen MR) is 156 cm³/mol. The van der Waals surface area contributed by atoms with E-state index in [0.29, 0.717) is 43.6 Å². The molecule has 3 aromatic carbocycles. The Morgan fingerprint density at radius 1 is 0.974 bits per heavy atom. The van der Waals surface area contributed by atoms with Crippen LogP contribution in [0.1, 0.15) is 23.6 Å². The Balaban J connectivity index is 1.63. The number of nitrogens with one attached hydrogen (secondary N) is 3. The number of hydrazone groups is 1. The fourth-order valence-corrected chi connectivity index (χ4v) is 4.31. The minimum Gasteiger partial charge on any atom is -0.490 e. The van der Waals surface area contributed by atoms with Crippen LogP contribution >= 0.6 is 34.2 Å². The Bertz CT molecular complexity index is 1360. The molecule has 0 aliphatic heterocycles. The highest BCUT2D eigenvalue weighted by molar-refractivity contribution is 14.1. The van der Waals surface area contributed by atoms with Gasteiger partial charge in [0.15, 0.2) is 18.1 Å². The Kier molecular flexibility index (Phi) is 10.5. The van der Waals surface area contributed by atoms with Gasteiger partial charge in [-0.2, -0.15) is 5.10 Å². The lowest BCUT2D eigenvalue weighted by molar-refractivity contribution is -0.136. The van der Waals surface area contributed by atoms with Crippen LogP contribution in [0.2, 0.25) is 5.02 Å². The Labute approximate surface area is 239 Å². The van der Waals surface area contributed by atoms with E-state index in [1.165, 1.54) is 6.21 Å². The molecule has 3 amide bonds. The van der Waals surface area contributed by atoms with Crippen LogP contribution in [0.3, 0.4) is 0 Å². The number of hydrogen-bond acceptors (Lipinski definition) is 6. The summed E-state index contributed by atoms with van der Waals surface area (Å²) in [5.41, 5.74) is 5.57. The molecule has 0 fully saturated rings. The predicted octanol–water partition coefficient (Wildman–Crippen LogP) is 5.07. The molecule has 9 nitrogen and oxygen atoms in total. The topological polar surface area (TPSA) is 118 Å². The van der Waals surface area contributed by atoms with Crippen molar-refractivity contribution >= 4 is 69.5 Å². The first-order valence-electron chi connectivity index (χ1n) is 11.5. The van der Waals surface area contributed by atoms with Crippen molar-refractivity contribution in [1.82, 2.24) is 5.43 Å². The van der Waals surface area contributed by atoms with E-state index in [2.05, 4.69) is 43.8 Å². The number of nitrogens with zero attached hydrogens (tertiary/aromatic N) is 1. The maximum Gasteiger partial charge on any atom is 0.329 e. The number of aryl methyl sites for hydroxylation is 2. The highest BCUT2D eigenvalue weighted by atomic mass is 127. The fraction of sp³-hybridized carbons (Fsp3) is 0.185. The molecule has 0 aromatic heterocycles. The molecule has 198 valence electrons. The Hall–Kier alpha value is -3.64. The summed E-state index contributed by atoms with van der Waals surface area (Å²) in [6, 6.07) is 15.8. The molecule has 0 unspecified atom stereocenters. The number of anilines is 2. The molecule has 0 atom stereocenters. The molecule has 0 saturated carbocycles. The van der Waals surface area contributed by atoms with Gasteiger partial charge in [0.05, 0.1) is 27.1 Å². The molecule has 0 saturated heterocycles. The second kappa shape index (κ2) is 13.8.